The van der Waals surface area contributed by atoms with Crippen molar-refractivity contribution in [2.75, 3.05) is 24.7 Å². The molecule has 1 aromatic carbocycles. The lowest BCUT2D eigenvalue weighted by Gasteiger charge is -2.14. The van der Waals surface area contributed by atoms with Crippen molar-refractivity contribution in [1.29, 1.82) is 0 Å². The van der Waals surface area contributed by atoms with Crippen LogP contribution in [0.5, 0.6) is 5.75 Å². The third-order valence-corrected chi connectivity index (χ3v) is 5.19. The standard InChI is InChI=1S/C17H21ClN8OS/c1-10(14-20-15(19)22-16(21-14)25(2)3)28-17-24-23-13(26(17)4)9-27-12-7-5-11(18)6-8-12/h5-8,10H,9H2,1-4H3,(H2,19,20,21,22). The molecule has 0 fully saturated rings. The number of hydrogen-bond donors (Lipinski definition) is 1. The Morgan fingerprint density at radius 3 is 2.57 bits per heavy atom. The van der Waals surface area contributed by atoms with Gasteiger partial charge in [0.2, 0.25) is 11.9 Å². The van der Waals surface area contributed by atoms with Gasteiger partial charge in [-0.05, 0) is 31.2 Å². The number of anilines is 2. The van der Waals surface area contributed by atoms with Gasteiger partial charge in [0.15, 0.2) is 11.0 Å². The van der Waals surface area contributed by atoms with Gasteiger partial charge in [-0.15, -0.1) is 10.2 Å². The molecule has 1 unspecified atom stereocenters. The van der Waals surface area contributed by atoms with Crippen LogP contribution in [0, 0.1) is 0 Å². The van der Waals surface area contributed by atoms with Crippen LogP contribution in [0.25, 0.3) is 0 Å². The SMILES string of the molecule is CC(Sc1nnc(COc2ccc(Cl)cc2)n1C)c1nc(N)nc(N(C)C)n1. The van der Waals surface area contributed by atoms with Gasteiger partial charge >= 0.3 is 0 Å². The number of ether oxygens (including phenoxy) is 1. The Morgan fingerprint density at radius 2 is 1.89 bits per heavy atom. The van der Waals surface area contributed by atoms with E-state index in [2.05, 4.69) is 25.1 Å². The van der Waals surface area contributed by atoms with Crippen molar-refractivity contribution in [3.05, 3.63) is 40.9 Å². The smallest absolute Gasteiger partial charge is 0.229 e. The number of nitrogens with zero attached hydrogens (tertiary/aromatic N) is 7. The molecule has 0 spiro atoms. The minimum absolute atomic E-state index is 0.0862. The zero-order valence-electron chi connectivity index (χ0n) is 16.0. The summed E-state index contributed by atoms with van der Waals surface area (Å²) >= 11 is 7.37. The van der Waals surface area contributed by atoms with E-state index in [1.165, 1.54) is 11.8 Å². The molecule has 3 rings (SSSR count). The lowest BCUT2D eigenvalue weighted by molar-refractivity contribution is 0.290. The summed E-state index contributed by atoms with van der Waals surface area (Å²) in [5.74, 6) is 2.71. The van der Waals surface area contributed by atoms with E-state index in [0.29, 0.717) is 35.0 Å². The van der Waals surface area contributed by atoms with Crippen molar-refractivity contribution in [1.82, 2.24) is 29.7 Å². The van der Waals surface area contributed by atoms with Gasteiger partial charge in [0.1, 0.15) is 18.2 Å². The molecule has 0 radical (unpaired) electrons. The maximum atomic E-state index is 5.88. The highest BCUT2D eigenvalue weighted by molar-refractivity contribution is 7.99. The quantitative estimate of drug-likeness (QED) is 0.577. The monoisotopic (exact) mass is 420 g/mol. The van der Waals surface area contributed by atoms with Crippen molar-refractivity contribution in [2.45, 2.75) is 23.9 Å². The molecule has 0 aliphatic rings. The van der Waals surface area contributed by atoms with Gasteiger partial charge in [0.05, 0.1) is 5.25 Å². The number of rotatable bonds is 7. The normalized spacial score (nSPS) is 12.0. The zero-order valence-corrected chi connectivity index (χ0v) is 17.6. The van der Waals surface area contributed by atoms with Crippen molar-refractivity contribution in [3.8, 4) is 5.75 Å². The van der Waals surface area contributed by atoms with Crippen molar-refractivity contribution >= 4 is 35.3 Å². The predicted molar refractivity (Wildman–Crippen MR) is 110 cm³/mol. The topological polar surface area (TPSA) is 108 Å². The van der Waals surface area contributed by atoms with E-state index in [1.807, 2.05) is 44.8 Å². The largest absolute Gasteiger partial charge is 0.486 e. The molecule has 9 nitrogen and oxygen atoms in total. The molecule has 1 atom stereocenters. The molecule has 0 aliphatic carbocycles. The number of halogens is 1. The van der Waals surface area contributed by atoms with Gasteiger partial charge in [-0.3, -0.25) is 0 Å². The highest BCUT2D eigenvalue weighted by atomic mass is 35.5. The average molecular weight is 421 g/mol. The summed E-state index contributed by atoms with van der Waals surface area (Å²) in [5.41, 5.74) is 5.81. The third kappa shape index (κ3) is 4.82. The number of thioether (sulfide) groups is 1. The molecule has 2 N–H and O–H groups in total. The Labute approximate surface area is 172 Å². The molecule has 148 valence electrons. The molecule has 0 amide bonds. The first kappa shape index (κ1) is 20.2. The van der Waals surface area contributed by atoms with E-state index in [-0.39, 0.29) is 11.2 Å². The first-order chi connectivity index (χ1) is 13.3. The molecular weight excluding hydrogens is 400 g/mol. The van der Waals surface area contributed by atoms with Gasteiger partial charge in [-0.2, -0.15) is 15.0 Å². The predicted octanol–water partition coefficient (Wildman–Crippen LogP) is 2.73. The molecule has 0 saturated heterocycles. The van der Waals surface area contributed by atoms with Crippen LogP contribution in [0.1, 0.15) is 23.8 Å². The average Bonchev–Trinajstić information content (AvgIpc) is 3.00. The number of benzene rings is 1. The molecule has 28 heavy (non-hydrogen) atoms. The second-order valence-electron chi connectivity index (χ2n) is 6.21. The van der Waals surface area contributed by atoms with E-state index in [0.717, 1.165) is 5.16 Å². The third-order valence-electron chi connectivity index (χ3n) is 3.81. The van der Waals surface area contributed by atoms with Gasteiger partial charge in [0.25, 0.3) is 0 Å². The molecule has 0 aliphatic heterocycles. The summed E-state index contributed by atoms with van der Waals surface area (Å²) in [6.45, 7) is 2.28. The first-order valence-corrected chi connectivity index (χ1v) is 9.71. The van der Waals surface area contributed by atoms with Crippen LogP contribution < -0.4 is 15.4 Å². The maximum Gasteiger partial charge on any atom is 0.229 e. The zero-order chi connectivity index (χ0) is 20.3. The van der Waals surface area contributed by atoms with Gasteiger partial charge in [-0.25, -0.2) is 0 Å². The maximum absolute atomic E-state index is 5.88. The van der Waals surface area contributed by atoms with Gasteiger partial charge in [-0.1, -0.05) is 23.4 Å². The second kappa shape index (κ2) is 8.61. The summed E-state index contributed by atoms with van der Waals surface area (Å²) in [4.78, 5) is 14.6. The van der Waals surface area contributed by atoms with E-state index >= 15 is 0 Å². The summed E-state index contributed by atoms with van der Waals surface area (Å²) < 4.78 is 7.63. The summed E-state index contributed by atoms with van der Waals surface area (Å²) in [6.07, 6.45) is 0. The first-order valence-electron chi connectivity index (χ1n) is 8.45. The number of nitrogens with two attached hydrogens (primary N) is 1. The highest BCUT2D eigenvalue weighted by Gasteiger charge is 2.18. The molecule has 3 aromatic rings. The molecule has 11 heteroatoms. The van der Waals surface area contributed by atoms with E-state index < -0.39 is 0 Å². The fourth-order valence-electron chi connectivity index (χ4n) is 2.24. The van der Waals surface area contributed by atoms with Crippen LogP contribution in [0.4, 0.5) is 11.9 Å². The Kier molecular flexibility index (Phi) is 6.20. The van der Waals surface area contributed by atoms with Crippen molar-refractivity contribution in [3.63, 3.8) is 0 Å². The fourth-order valence-corrected chi connectivity index (χ4v) is 3.25. The van der Waals surface area contributed by atoms with E-state index in [9.17, 15) is 0 Å². The van der Waals surface area contributed by atoms with Crippen LogP contribution in [0.3, 0.4) is 0 Å². The van der Waals surface area contributed by atoms with Gasteiger partial charge < -0.3 is 19.9 Å². The minimum Gasteiger partial charge on any atom is -0.486 e. The Morgan fingerprint density at radius 1 is 1.18 bits per heavy atom. The summed E-state index contributed by atoms with van der Waals surface area (Å²) in [7, 11) is 5.60. The number of nitrogen functional groups attached to an aromatic ring is 1. The summed E-state index contributed by atoms with van der Waals surface area (Å²) in [5, 5.41) is 9.77. The van der Waals surface area contributed by atoms with Crippen LogP contribution in [-0.4, -0.2) is 43.8 Å². The Bertz CT molecular complexity index is 947. The van der Waals surface area contributed by atoms with Crippen LogP contribution in [-0.2, 0) is 13.7 Å². The van der Waals surface area contributed by atoms with Crippen LogP contribution in [0.15, 0.2) is 29.4 Å². The lowest BCUT2D eigenvalue weighted by atomic mass is 10.3. The second-order valence-corrected chi connectivity index (χ2v) is 7.95. The molecular formula is C17H21ClN8OS. The van der Waals surface area contributed by atoms with Crippen LogP contribution in [0.2, 0.25) is 5.02 Å². The summed E-state index contributed by atoms with van der Waals surface area (Å²) in [6, 6.07) is 7.17. The van der Waals surface area contributed by atoms with E-state index in [4.69, 9.17) is 22.1 Å². The molecule has 0 bridgehead atoms. The molecule has 2 heterocycles. The number of hydrogen-bond acceptors (Lipinski definition) is 9. The fraction of sp³-hybridized carbons (Fsp3) is 0.353. The minimum atomic E-state index is -0.0862. The Balaban J connectivity index is 1.69. The number of aromatic nitrogens is 6. The molecule has 2 aromatic heterocycles. The van der Waals surface area contributed by atoms with Crippen LogP contribution >= 0.6 is 23.4 Å². The van der Waals surface area contributed by atoms with Gasteiger partial charge in [0, 0.05) is 26.2 Å². The Hall–Kier alpha value is -2.59. The highest BCUT2D eigenvalue weighted by Crippen LogP contribution is 2.32. The van der Waals surface area contributed by atoms with E-state index in [1.54, 1.807) is 17.0 Å². The van der Waals surface area contributed by atoms with Crippen molar-refractivity contribution in [2.24, 2.45) is 7.05 Å². The molecule has 0 saturated carbocycles. The lowest BCUT2D eigenvalue weighted by Crippen LogP contribution is -2.16. The van der Waals surface area contributed by atoms with Crippen molar-refractivity contribution < 1.29 is 4.74 Å².